The van der Waals surface area contributed by atoms with Gasteiger partial charge in [-0.1, -0.05) is 374 Å². The topological polar surface area (TPSA) is 25.1 Å². The highest BCUT2D eigenvalue weighted by atomic mass is 15.2. The molecule has 0 amide bonds. The quantitative estimate of drug-likeness (QED) is 0.153. The van der Waals surface area contributed by atoms with Gasteiger partial charge in [0, 0.05) is 72.2 Å². The maximum atomic E-state index is 11.8. The fourth-order valence-corrected chi connectivity index (χ4v) is 18.7. The molecular weight excluding hydrogens is 1530 g/mol. The Morgan fingerprint density at radius 1 is 0.276 bits per heavy atom. The number of para-hydroxylation sites is 2. The second kappa shape index (κ2) is 29.9. The Morgan fingerprint density at radius 3 is 1.28 bits per heavy atom. The van der Waals surface area contributed by atoms with Gasteiger partial charge in [-0.15, -0.1) is 0 Å². The third-order valence-electron chi connectivity index (χ3n) is 26.3. The van der Waals surface area contributed by atoms with Gasteiger partial charge in [0.25, 0.3) is 6.71 Å². The number of rotatable bonds is 8. The van der Waals surface area contributed by atoms with Crippen molar-refractivity contribution in [2.75, 3.05) is 10.2 Å². The van der Waals surface area contributed by atoms with E-state index >= 15 is 0 Å². The van der Waals surface area contributed by atoms with E-state index in [1.165, 1.54) is 0 Å². The molecule has 0 radical (unpaired) electrons. The molecule has 2 aliphatic heterocycles. The molecule has 2 aromatic heterocycles. The molecular formula is C122H139BN4. The molecule has 5 heteroatoms. The molecule has 13 aromatic carbocycles. The van der Waals surface area contributed by atoms with Crippen LogP contribution in [0.25, 0.3) is 111 Å². The van der Waals surface area contributed by atoms with Gasteiger partial charge >= 0.3 is 0 Å². The van der Waals surface area contributed by atoms with E-state index in [1.807, 2.05) is 95.2 Å². The van der Waals surface area contributed by atoms with Crippen LogP contribution in [-0.4, -0.2) is 15.8 Å². The molecule has 0 aliphatic carbocycles. The highest BCUT2D eigenvalue weighted by molar-refractivity contribution is 7.00. The Kier molecular flexibility index (Phi) is 16.3. The Hall–Kier alpha value is -10.9. The number of fused-ring (bicyclic) bond motifs is 10. The minimum absolute atomic E-state index is 0.0555. The predicted octanol–water partition coefficient (Wildman–Crippen LogP) is 32.8. The zero-order valence-electron chi connectivity index (χ0n) is 98.6. The SMILES string of the molecule is [2H]c1c([2H])c(C(C)(C)C)c([2H])c([2H])c1-c1c([2H])c(C(C)(C)C)c([2H])c(-c2c([2H])c(C(C)(C)C)c([2H])c([2H])c2C(C)(C)C)c1-c1c(-n2c3ccc(C(C)(C)C)cc3c3cc(C(C)(C)C)ccc32)ccc2c1Nc1cc(C(C)(C)C)cc3c1B2c1ccc(-n2c4c([2H])c([2H])c([2H])c([2H])c4c4c([2H])c([2H])c([2H])c([2H])c42)cc1N3c1c(-c2cc(C(C)(C)C)cc(C(C)(C)C)c2)cc(C(C)(C)C)cc1-c1ccccc1C(C)(C)C. The summed E-state index contributed by atoms with van der Waals surface area (Å²) < 4.78 is 181. The smallest absolute Gasteiger partial charge is 0.252 e. The first-order chi connectivity index (χ1) is 66.1. The highest BCUT2D eigenvalue weighted by Gasteiger charge is 2.46. The molecule has 0 unspecified atom stereocenters. The third kappa shape index (κ3) is 15.6. The van der Waals surface area contributed by atoms with Crippen LogP contribution in [0.5, 0.6) is 0 Å². The van der Waals surface area contributed by atoms with Crippen molar-refractivity contribution in [2.24, 2.45) is 0 Å². The van der Waals surface area contributed by atoms with Gasteiger partial charge in [0.2, 0.25) is 0 Å². The summed E-state index contributed by atoms with van der Waals surface area (Å²) in [5.74, 6) is 0. The van der Waals surface area contributed by atoms with E-state index in [0.717, 1.165) is 99.8 Å². The van der Waals surface area contributed by atoms with Crippen molar-refractivity contribution in [3.05, 3.63) is 297 Å². The second-order valence-corrected chi connectivity index (χ2v) is 47.6. The molecule has 0 saturated carbocycles. The maximum Gasteiger partial charge on any atom is 0.252 e. The van der Waals surface area contributed by atoms with Crippen molar-refractivity contribution in [2.45, 2.75) is 288 Å². The first-order valence-corrected chi connectivity index (χ1v) is 45.6. The highest BCUT2D eigenvalue weighted by Crippen LogP contribution is 2.58. The Morgan fingerprint density at radius 2 is 0.748 bits per heavy atom. The zero-order chi connectivity index (χ0) is 106. The lowest BCUT2D eigenvalue weighted by molar-refractivity contribution is 0.569. The lowest BCUT2D eigenvalue weighted by Gasteiger charge is -2.44. The molecule has 0 bridgehead atoms. The second-order valence-electron chi connectivity index (χ2n) is 47.6. The first kappa shape index (κ1) is 69.2. The lowest BCUT2D eigenvalue weighted by atomic mass is 9.33. The average Bonchev–Trinajstić information content (AvgIpc) is 0.848. The number of hydrogen-bond acceptors (Lipinski definition) is 2. The van der Waals surface area contributed by atoms with Crippen LogP contribution in [0.1, 0.15) is 313 Å². The van der Waals surface area contributed by atoms with Crippen molar-refractivity contribution in [1.82, 2.24) is 9.13 Å². The molecule has 0 spiro atoms. The normalized spacial score (nSPS) is 15.8. The summed E-state index contributed by atoms with van der Waals surface area (Å²) >= 11 is 0. The summed E-state index contributed by atoms with van der Waals surface area (Å²) in [4.78, 5) is 2.39. The lowest BCUT2D eigenvalue weighted by Crippen LogP contribution is -2.60. The molecule has 0 saturated heterocycles. The van der Waals surface area contributed by atoms with Gasteiger partial charge in [-0.25, -0.2) is 0 Å². The number of hydrogen-bond donors (Lipinski definition) is 1. The maximum absolute atomic E-state index is 11.8. The predicted molar refractivity (Wildman–Crippen MR) is 557 cm³/mol. The standard InChI is InChI=1S/C122H139BN4/c1-112(2,3)75-48-46-73(47-49-75)88-66-81(118(19,20)21)68-93(90-63-76(113(4,5)6)50-54-96(90)122(31,32)33)107(88)108-104(126-102-57-51-77(114(7,8)9)64-91(102)92-65-78(115(10,11)12)52-58-103(92)126)59-56-98-110(108)124-99-70-83(120(25,26)27)71-106-109(99)123(98)97-55-53-84(125-100-44-38-35-41-86(100)87-42-36-39-45-101(87)125)72-105(97)127(106)111-89(74-60-79(116(13,14)15)62-80(61-74)117(16,17)18)67-82(119(22,23)24)69-94(111)85-40-34-37-43-95(85)121(28,29)30/h34-72,124H,1-33H3/i35D,36D,38D,39D,41D,42D,44D,45D,46D,47D,48D,49D,50D,54D,63D,66D,68D. The summed E-state index contributed by atoms with van der Waals surface area (Å²) in [5, 5.41) is 6.04. The molecule has 650 valence electrons. The Bertz CT molecular complexity index is 7850. The van der Waals surface area contributed by atoms with Crippen LogP contribution in [-0.2, 0) is 59.6 Å². The summed E-state index contributed by atoms with van der Waals surface area (Å²) in [6.07, 6.45) is 0. The molecule has 4 heterocycles. The van der Waals surface area contributed by atoms with Gasteiger partial charge in [0.15, 0.2) is 0 Å². The molecule has 17 rings (SSSR count). The van der Waals surface area contributed by atoms with Crippen molar-refractivity contribution in [3.8, 4) is 67.0 Å². The van der Waals surface area contributed by atoms with E-state index in [1.54, 1.807) is 4.57 Å². The van der Waals surface area contributed by atoms with E-state index in [0.29, 0.717) is 44.9 Å². The van der Waals surface area contributed by atoms with Gasteiger partial charge in [-0.3, -0.25) is 0 Å². The first-order valence-electron chi connectivity index (χ1n) is 54.1. The van der Waals surface area contributed by atoms with Crippen LogP contribution in [0.3, 0.4) is 0 Å². The van der Waals surface area contributed by atoms with Gasteiger partial charge in [-0.2, -0.15) is 0 Å². The molecule has 4 nitrogen and oxygen atoms in total. The molecule has 127 heavy (non-hydrogen) atoms. The van der Waals surface area contributed by atoms with E-state index in [2.05, 4.69) is 282 Å². The molecule has 1 N–H and O–H groups in total. The third-order valence-corrected chi connectivity index (χ3v) is 26.3. The number of aromatic nitrogens is 2. The molecule has 2 aliphatic rings. The van der Waals surface area contributed by atoms with Crippen LogP contribution < -0.4 is 26.6 Å². The number of nitrogens with one attached hydrogen (secondary N) is 1. The van der Waals surface area contributed by atoms with E-state index in [9.17, 15) is 23.3 Å². The largest absolute Gasteiger partial charge is 0.356 e. The van der Waals surface area contributed by atoms with Gasteiger partial charge < -0.3 is 19.4 Å². The molecule has 0 atom stereocenters. The fraction of sp³-hybridized carbons (Fsp3) is 0.361. The Labute approximate surface area is 786 Å². The average molecular weight is 1690 g/mol. The monoisotopic (exact) mass is 1690 g/mol. The summed E-state index contributed by atoms with van der Waals surface area (Å²) in [6.45, 7) is 68.7. The molecule has 0 fully saturated rings. The van der Waals surface area contributed by atoms with E-state index in [4.69, 9.17) is 0 Å². The van der Waals surface area contributed by atoms with Crippen LogP contribution in [0.4, 0.5) is 28.4 Å². The van der Waals surface area contributed by atoms with Crippen molar-refractivity contribution in [3.63, 3.8) is 0 Å². The number of benzene rings is 13. The summed E-state index contributed by atoms with van der Waals surface area (Å²) in [6, 6.07) is 41.7. The fourth-order valence-electron chi connectivity index (χ4n) is 18.7. The van der Waals surface area contributed by atoms with Crippen molar-refractivity contribution >= 4 is 95.1 Å². The van der Waals surface area contributed by atoms with E-state index in [-0.39, 0.29) is 136 Å². The van der Waals surface area contributed by atoms with Crippen LogP contribution in [0.2, 0.25) is 0 Å². The van der Waals surface area contributed by atoms with Gasteiger partial charge in [0.1, 0.15) is 0 Å². The minimum atomic E-state index is -1.14. The summed E-state index contributed by atoms with van der Waals surface area (Å²) in [5.41, 5.74) is 12.2. The zero-order valence-corrected chi connectivity index (χ0v) is 81.6. The Balaban J connectivity index is 1.19. The summed E-state index contributed by atoms with van der Waals surface area (Å²) in [7, 11) is 0. The minimum Gasteiger partial charge on any atom is -0.356 e. The number of anilines is 5. The van der Waals surface area contributed by atoms with Crippen molar-refractivity contribution in [1.29, 1.82) is 0 Å². The number of nitrogens with zero attached hydrogens (tertiary/aromatic N) is 3. The van der Waals surface area contributed by atoms with Crippen LogP contribution in [0, 0.1) is 0 Å². The van der Waals surface area contributed by atoms with Crippen LogP contribution >= 0.6 is 0 Å². The van der Waals surface area contributed by atoms with Crippen molar-refractivity contribution < 1.29 is 23.3 Å². The molecule has 15 aromatic rings. The van der Waals surface area contributed by atoms with Gasteiger partial charge in [0.05, 0.1) is 56.7 Å². The van der Waals surface area contributed by atoms with Gasteiger partial charge in [-0.05, 0) is 261 Å². The van der Waals surface area contributed by atoms with E-state index < -0.39 is 105 Å². The van der Waals surface area contributed by atoms with Crippen LogP contribution in [0.15, 0.2) is 236 Å².